The summed E-state index contributed by atoms with van der Waals surface area (Å²) in [5.74, 6) is -1.03. The van der Waals surface area contributed by atoms with Crippen molar-refractivity contribution in [2.24, 2.45) is 0 Å². The molecule has 25 heavy (non-hydrogen) atoms. The zero-order valence-electron chi connectivity index (χ0n) is 14.5. The van der Waals surface area contributed by atoms with Gasteiger partial charge in [0.05, 0.1) is 0 Å². The second kappa shape index (κ2) is 7.25. The Kier molecular flexibility index (Phi) is 5.06. The Morgan fingerprint density at radius 3 is 2.60 bits per heavy atom. The Morgan fingerprint density at radius 1 is 1.20 bits per heavy atom. The number of carboxylic acids is 1. The third-order valence-electron chi connectivity index (χ3n) is 5.19. The SMILES string of the molecule is Cc1ccc(CN2C(=O)CCC2CC(=O)N2CCC[C@@H]2C(=O)O)cc1. The summed E-state index contributed by atoms with van der Waals surface area (Å²) in [6.07, 6.45) is 2.55. The van der Waals surface area contributed by atoms with Gasteiger partial charge in [-0.15, -0.1) is 0 Å². The number of nitrogens with zero attached hydrogens (tertiary/aromatic N) is 2. The van der Waals surface area contributed by atoms with Crippen LogP contribution >= 0.6 is 0 Å². The monoisotopic (exact) mass is 344 g/mol. The summed E-state index contributed by atoms with van der Waals surface area (Å²) in [5, 5.41) is 9.25. The van der Waals surface area contributed by atoms with Crippen LogP contribution in [0.5, 0.6) is 0 Å². The third kappa shape index (κ3) is 3.83. The van der Waals surface area contributed by atoms with Gasteiger partial charge in [-0.3, -0.25) is 9.59 Å². The van der Waals surface area contributed by atoms with E-state index < -0.39 is 12.0 Å². The highest BCUT2D eigenvalue weighted by atomic mass is 16.4. The van der Waals surface area contributed by atoms with Gasteiger partial charge in [-0.25, -0.2) is 4.79 Å². The molecule has 3 rings (SSSR count). The van der Waals surface area contributed by atoms with Gasteiger partial charge in [0.25, 0.3) is 0 Å². The number of benzene rings is 1. The number of carboxylic acid groups (broad SMARTS) is 1. The zero-order chi connectivity index (χ0) is 18.0. The van der Waals surface area contributed by atoms with E-state index in [0.717, 1.165) is 17.5 Å². The van der Waals surface area contributed by atoms with E-state index in [9.17, 15) is 19.5 Å². The third-order valence-corrected chi connectivity index (χ3v) is 5.19. The molecule has 1 aromatic carbocycles. The summed E-state index contributed by atoms with van der Waals surface area (Å²) >= 11 is 0. The molecule has 1 N–H and O–H groups in total. The smallest absolute Gasteiger partial charge is 0.326 e. The lowest BCUT2D eigenvalue weighted by Crippen LogP contribution is -2.43. The number of aryl methyl sites for hydroxylation is 1. The molecule has 2 aliphatic heterocycles. The lowest BCUT2D eigenvalue weighted by atomic mass is 10.1. The van der Waals surface area contributed by atoms with Crippen molar-refractivity contribution in [3.05, 3.63) is 35.4 Å². The lowest BCUT2D eigenvalue weighted by molar-refractivity contribution is -0.148. The molecule has 2 fully saturated rings. The molecular weight excluding hydrogens is 320 g/mol. The number of amides is 2. The van der Waals surface area contributed by atoms with Crippen molar-refractivity contribution in [1.82, 2.24) is 9.80 Å². The van der Waals surface area contributed by atoms with Gasteiger partial charge in [0.15, 0.2) is 0 Å². The molecule has 2 amide bonds. The highest BCUT2D eigenvalue weighted by molar-refractivity contribution is 5.86. The maximum Gasteiger partial charge on any atom is 0.326 e. The molecule has 0 spiro atoms. The van der Waals surface area contributed by atoms with E-state index in [0.29, 0.717) is 32.4 Å². The van der Waals surface area contributed by atoms with Gasteiger partial charge in [0, 0.05) is 32.0 Å². The van der Waals surface area contributed by atoms with E-state index in [1.54, 1.807) is 4.90 Å². The predicted octanol–water partition coefficient (Wildman–Crippen LogP) is 1.95. The van der Waals surface area contributed by atoms with Crippen LogP contribution in [0.2, 0.25) is 0 Å². The first kappa shape index (κ1) is 17.5. The molecule has 0 radical (unpaired) electrons. The van der Waals surface area contributed by atoms with Crippen LogP contribution in [0.15, 0.2) is 24.3 Å². The highest BCUT2D eigenvalue weighted by Gasteiger charge is 2.38. The summed E-state index contributed by atoms with van der Waals surface area (Å²) < 4.78 is 0. The first-order valence-corrected chi connectivity index (χ1v) is 8.83. The number of aliphatic carboxylic acids is 1. The fourth-order valence-corrected chi connectivity index (χ4v) is 3.75. The minimum absolute atomic E-state index is 0.0644. The topological polar surface area (TPSA) is 77.9 Å². The molecule has 0 aromatic heterocycles. The van der Waals surface area contributed by atoms with Crippen molar-refractivity contribution in [1.29, 1.82) is 0 Å². The first-order valence-electron chi connectivity index (χ1n) is 8.83. The number of hydrogen-bond acceptors (Lipinski definition) is 3. The predicted molar refractivity (Wildman–Crippen MR) is 91.7 cm³/mol. The van der Waals surface area contributed by atoms with Crippen LogP contribution in [0.4, 0.5) is 0 Å². The first-order chi connectivity index (χ1) is 12.0. The molecule has 2 aliphatic rings. The maximum atomic E-state index is 12.6. The van der Waals surface area contributed by atoms with Gasteiger partial charge in [-0.05, 0) is 31.7 Å². The van der Waals surface area contributed by atoms with Crippen molar-refractivity contribution in [2.45, 2.75) is 57.7 Å². The van der Waals surface area contributed by atoms with Crippen LogP contribution in [0, 0.1) is 6.92 Å². The molecule has 0 bridgehead atoms. The van der Waals surface area contributed by atoms with Gasteiger partial charge in [0.1, 0.15) is 6.04 Å². The number of likely N-dealkylation sites (tertiary alicyclic amines) is 2. The van der Waals surface area contributed by atoms with Crippen molar-refractivity contribution in [2.75, 3.05) is 6.54 Å². The van der Waals surface area contributed by atoms with Gasteiger partial charge in [0.2, 0.25) is 11.8 Å². The molecule has 0 aliphatic carbocycles. The molecule has 2 atom stereocenters. The number of carbonyl (C=O) groups is 3. The van der Waals surface area contributed by atoms with Crippen LogP contribution in [-0.2, 0) is 20.9 Å². The van der Waals surface area contributed by atoms with Gasteiger partial charge < -0.3 is 14.9 Å². The second-order valence-electron chi connectivity index (χ2n) is 6.99. The largest absolute Gasteiger partial charge is 0.480 e. The van der Waals surface area contributed by atoms with Crippen molar-refractivity contribution in [3.63, 3.8) is 0 Å². The maximum absolute atomic E-state index is 12.6. The average Bonchev–Trinajstić information content (AvgIpc) is 3.19. The summed E-state index contributed by atoms with van der Waals surface area (Å²) in [4.78, 5) is 39.3. The molecule has 1 aromatic rings. The minimum Gasteiger partial charge on any atom is -0.480 e. The Labute approximate surface area is 147 Å². The van der Waals surface area contributed by atoms with Crippen LogP contribution < -0.4 is 0 Å². The van der Waals surface area contributed by atoms with Crippen LogP contribution in [0.1, 0.15) is 43.2 Å². The second-order valence-corrected chi connectivity index (χ2v) is 6.99. The van der Waals surface area contributed by atoms with Gasteiger partial charge >= 0.3 is 5.97 Å². The van der Waals surface area contributed by atoms with E-state index in [1.807, 2.05) is 31.2 Å². The summed E-state index contributed by atoms with van der Waals surface area (Å²) in [6.45, 7) is 3.01. The normalized spacial score (nSPS) is 23.3. The fraction of sp³-hybridized carbons (Fsp3) is 0.526. The van der Waals surface area contributed by atoms with E-state index in [2.05, 4.69) is 0 Å². The fourth-order valence-electron chi connectivity index (χ4n) is 3.75. The zero-order valence-corrected chi connectivity index (χ0v) is 14.5. The molecule has 134 valence electrons. The van der Waals surface area contributed by atoms with E-state index >= 15 is 0 Å². The number of rotatable bonds is 5. The molecule has 6 heteroatoms. The summed E-state index contributed by atoms with van der Waals surface area (Å²) in [7, 11) is 0. The van der Waals surface area contributed by atoms with Gasteiger partial charge in [-0.2, -0.15) is 0 Å². The van der Waals surface area contributed by atoms with Crippen LogP contribution in [0.3, 0.4) is 0 Å². The highest BCUT2D eigenvalue weighted by Crippen LogP contribution is 2.26. The van der Waals surface area contributed by atoms with Crippen molar-refractivity contribution >= 4 is 17.8 Å². The molecule has 2 heterocycles. The lowest BCUT2D eigenvalue weighted by Gasteiger charge is -2.28. The molecule has 1 unspecified atom stereocenters. The summed E-state index contributed by atoms with van der Waals surface area (Å²) in [5.41, 5.74) is 2.21. The summed E-state index contributed by atoms with van der Waals surface area (Å²) in [6, 6.07) is 7.17. The molecule has 2 saturated heterocycles. The van der Waals surface area contributed by atoms with E-state index in [1.165, 1.54) is 4.90 Å². The Morgan fingerprint density at radius 2 is 1.92 bits per heavy atom. The van der Waals surface area contributed by atoms with E-state index in [-0.39, 0.29) is 24.3 Å². The van der Waals surface area contributed by atoms with Crippen LogP contribution in [0.25, 0.3) is 0 Å². The quantitative estimate of drug-likeness (QED) is 0.886. The van der Waals surface area contributed by atoms with Gasteiger partial charge in [-0.1, -0.05) is 29.8 Å². The minimum atomic E-state index is -0.940. The molecule has 6 nitrogen and oxygen atoms in total. The Hall–Kier alpha value is -2.37. The van der Waals surface area contributed by atoms with E-state index in [4.69, 9.17) is 0 Å². The number of carbonyl (C=O) groups excluding carboxylic acids is 2. The average molecular weight is 344 g/mol. The van der Waals surface area contributed by atoms with Crippen LogP contribution in [-0.4, -0.2) is 51.3 Å². The Bertz CT molecular complexity index is 671. The van der Waals surface area contributed by atoms with Crippen molar-refractivity contribution in [3.8, 4) is 0 Å². The van der Waals surface area contributed by atoms with Crippen molar-refractivity contribution < 1.29 is 19.5 Å². The Balaban J connectivity index is 1.66. The molecule has 0 saturated carbocycles. The number of hydrogen-bond donors (Lipinski definition) is 1. The standard InChI is InChI=1S/C19H24N2O4/c1-13-4-6-14(7-5-13)12-21-15(8-9-17(21)22)11-18(23)20-10-2-3-16(20)19(24)25/h4-7,15-16H,2-3,8-12H2,1H3,(H,24,25)/t15?,16-/m1/s1. The molecular formula is C19H24N2O4.